The van der Waals surface area contributed by atoms with Crippen LogP contribution in [0.25, 0.3) is 0 Å². The number of amides is 1. The van der Waals surface area contributed by atoms with Crippen LogP contribution >= 0.6 is 0 Å². The SMILES string of the molecule is CCOC(=O)c1cnc(NNS(=O)(=O)c2ccc(NC(C)=O)cc2)nc1C(F)(F)F. The van der Waals surface area contributed by atoms with Crippen molar-refractivity contribution in [3.05, 3.63) is 41.7 Å². The van der Waals surface area contributed by atoms with E-state index in [9.17, 15) is 31.2 Å². The van der Waals surface area contributed by atoms with Gasteiger partial charge in [-0.2, -0.15) is 13.2 Å². The molecular weight excluding hydrogens is 431 g/mol. The van der Waals surface area contributed by atoms with Gasteiger partial charge in [0.25, 0.3) is 10.0 Å². The standard InChI is InChI=1S/C16H16F3N5O5S/c1-3-29-14(26)12-8-20-15(22-13(12)16(17,18)19)23-24-30(27,28)11-6-4-10(5-7-11)21-9(2)25/h4-8,24H,3H2,1-2H3,(H,21,25)(H,20,22,23). The molecule has 162 valence electrons. The monoisotopic (exact) mass is 447 g/mol. The van der Waals surface area contributed by atoms with E-state index in [1.807, 2.05) is 10.3 Å². The molecule has 0 saturated heterocycles. The van der Waals surface area contributed by atoms with Gasteiger partial charge >= 0.3 is 12.1 Å². The lowest BCUT2D eigenvalue weighted by atomic mass is 10.2. The van der Waals surface area contributed by atoms with Gasteiger partial charge < -0.3 is 10.1 Å². The van der Waals surface area contributed by atoms with Crippen molar-refractivity contribution in [1.29, 1.82) is 0 Å². The Morgan fingerprint density at radius 3 is 2.33 bits per heavy atom. The number of carbonyl (C=O) groups is 2. The smallest absolute Gasteiger partial charge is 0.434 e. The van der Waals surface area contributed by atoms with E-state index in [1.54, 1.807) is 0 Å². The summed E-state index contributed by atoms with van der Waals surface area (Å²) in [4.78, 5) is 30.9. The Bertz CT molecular complexity index is 1040. The Morgan fingerprint density at radius 2 is 1.80 bits per heavy atom. The fourth-order valence-electron chi connectivity index (χ4n) is 2.11. The second-order valence-electron chi connectivity index (χ2n) is 5.61. The van der Waals surface area contributed by atoms with E-state index < -0.39 is 39.4 Å². The van der Waals surface area contributed by atoms with Crippen LogP contribution in [-0.4, -0.2) is 36.9 Å². The molecule has 1 heterocycles. The molecule has 0 atom stereocenters. The molecule has 0 aliphatic heterocycles. The van der Waals surface area contributed by atoms with Gasteiger partial charge in [-0.1, -0.05) is 0 Å². The van der Waals surface area contributed by atoms with Crippen LogP contribution in [0.4, 0.5) is 24.8 Å². The molecule has 30 heavy (non-hydrogen) atoms. The molecule has 0 spiro atoms. The van der Waals surface area contributed by atoms with E-state index >= 15 is 0 Å². The van der Waals surface area contributed by atoms with Gasteiger partial charge in [-0.3, -0.25) is 10.2 Å². The van der Waals surface area contributed by atoms with Crippen LogP contribution in [0, 0.1) is 0 Å². The number of halogens is 3. The molecule has 2 rings (SSSR count). The Morgan fingerprint density at radius 1 is 1.17 bits per heavy atom. The summed E-state index contributed by atoms with van der Waals surface area (Å²) in [5.74, 6) is -2.36. The van der Waals surface area contributed by atoms with Crippen molar-refractivity contribution in [3.8, 4) is 0 Å². The predicted molar refractivity (Wildman–Crippen MR) is 97.7 cm³/mol. The maximum atomic E-state index is 13.2. The number of sulfonamides is 1. The zero-order valence-corrected chi connectivity index (χ0v) is 16.4. The highest BCUT2D eigenvalue weighted by molar-refractivity contribution is 7.89. The summed E-state index contributed by atoms with van der Waals surface area (Å²) < 4.78 is 68.7. The lowest BCUT2D eigenvalue weighted by molar-refractivity contribution is -0.141. The molecule has 1 amide bonds. The molecule has 0 radical (unpaired) electrons. The molecular formula is C16H16F3N5O5S. The van der Waals surface area contributed by atoms with Gasteiger partial charge in [-0.15, -0.1) is 4.83 Å². The molecule has 0 aliphatic carbocycles. The van der Waals surface area contributed by atoms with Crippen LogP contribution < -0.4 is 15.6 Å². The molecule has 1 aromatic carbocycles. The second-order valence-corrected chi connectivity index (χ2v) is 7.29. The fourth-order valence-corrected chi connectivity index (χ4v) is 2.95. The first kappa shape index (κ1) is 23.0. The van der Waals surface area contributed by atoms with Gasteiger partial charge in [0, 0.05) is 18.8 Å². The lowest BCUT2D eigenvalue weighted by Crippen LogP contribution is -2.31. The first-order chi connectivity index (χ1) is 13.9. The van der Waals surface area contributed by atoms with Crippen molar-refractivity contribution in [2.45, 2.75) is 24.9 Å². The largest absolute Gasteiger partial charge is 0.462 e. The molecule has 0 unspecified atom stereocenters. The van der Waals surface area contributed by atoms with Gasteiger partial charge in [-0.05, 0) is 31.2 Å². The third-order valence-electron chi connectivity index (χ3n) is 3.33. The number of aromatic nitrogens is 2. The number of hydrazine groups is 1. The molecule has 14 heteroatoms. The average molecular weight is 447 g/mol. The highest BCUT2D eigenvalue weighted by atomic mass is 32.2. The number of carbonyl (C=O) groups excluding carboxylic acids is 2. The van der Waals surface area contributed by atoms with Crippen molar-refractivity contribution in [2.75, 3.05) is 17.3 Å². The van der Waals surface area contributed by atoms with Gasteiger partial charge in [0.05, 0.1) is 11.5 Å². The summed E-state index contributed by atoms with van der Waals surface area (Å²) in [6.45, 7) is 2.54. The van der Waals surface area contributed by atoms with Crippen LogP contribution in [0.3, 0.4) is 0 Å². The van der Waals surface area contributed by atoms with Gasteiger partial charge in [0.2, 0.25) is 11.9 Å². The molecule has 3 N–H and O–H groups in total. The van der Waals surface area contributed by atoms with Crippen molar-refractivity contribution in [2.24, 2.45) is 0 Å². The number of anilines is 2. The number of alkyl halides is 3. The molecule has 10 nitrogen and oxygen atoms in total. The van der Waals surface area contributed by atoms with Crippen molar-refractivity contribution in [1.82, 2.24) is 14.8 Å². The molecule has 0 bridgehead atoms. The highest BCUT2D eigenvalue weighted by Gasteiger charge is 2.38. The first-order valence-electron chi connectivity index (χ1n) is 8.21. The number of ether oxygens (including phenoxy) is 1. The number of nitrogens with zero attached hydrogens (tertiary/aromatic N) is 2. The third kappa shape index (κ3) is 5.87. The second kappa shape index (κ2) is 9.04. The summed E-state index contributed by atoms with van der Waals surface area (Å²) in [5, 5.41) is 2.45. The molecule has 2 aromatic rings. The fraction of sp³-hybridized carbons (Fsp3) is 0.250. The number of rotatable bonds is 7. The third-order valence-corrected chi connectivity index (χ3v) is 4.60. The topological polar surface area (TPSA) is 139 Å². The number of hydrogen-bond donors (Lipinski definition) is 3. The molecule has 0 fully saturated rings. The van der Waals surface area contributed by atoms with Gasteiger partial charge in [0.1, 0.15) is 5.56 Å². The Kier molecular flexibility index (Phi) is 6.94. The number of hydrogen-bond acceptors (Lipinski definition) is 8. The van der Waals surface area contributed by atoms with E-state index in [0.29, 0.717) is 11.9 Å². The molecule has 1 aromatic heterocycles. The maximum Gasteiger partial charge on any atom is 0.434 e. The Hall–Kier alpha value is -3.26. The van der Waals surface area contributed by atoms with Gasteiger partial charge in [-0.25, -0.2) is 23.2 Å². The van der Waals surface area contributed by atoms with E-state index in [2.05, 4.69) is 20.0 Å². The highest BCUT2D eigenvalue weighted by Crippen LogP contribution is 2.31. The van der Waals surface area contributed by atoms with Crippen molar-refractivity contribution < 1.29 is 35.9 Å². The van der Waals surface area contributed by atoms with E-state index in [0.717, 1.165) is 0 Å². The minimum atomic E-state index is -5.01. The zero-order chi connectivity index (χ0) is 22.5. The minimum Gasteiger partial charge on any atom is -0.462 e. The summed E-state index contributed by atoms with van der Waals surface area (Å²) in [6, 6.07) is 4.98. The predicted octanol–water partition coefficient (Wildman–Crippen LogP) is 1.94. The van der Waals surface area contributed by atoms with Crippen LogP contribution in [-0.2, 0) is 25.7 Å². The quantitative estimate of drug-likeness (QED) is 0.432. The number of nitrogens with one attached hydrogen (secondary N) is 3. The van der Waals surface area contributed by atoms with Crippen LogP contribution in [0.2, 0.25) is 0 Å². The lowest BCUT2D eigenvalue weighted by Gasteiger charge is -2.13. The van der Waals surface area contributed by atoms with E-state index in [-0.39, 0.29) is 17.4 Å². The normalized spacial score (nSPS) is 11.6. The van der Waals surface area contributed by atoms with Crippen LogP contribution in [0.15, 0.2) is 35.4 Å². The van der Waals surface area contributed by atoms with Crippen molar-refractivity contribution in [3.63, 3.8) is 0 Å². The summed E-state index contributed by atoms with van der Waals surface area (Å²) in [6.07, 6.45) is -4.44. The molecule has 0 saturated carbocycles. The van der Waals surface area contributed by atoms with Crippen molar-refractivity contribution >= 4 is 33.5 Å². The van der Waals surface area contributed by atoms with E-state index in [4.69, 9.17) is 0 Å². The number of esters is 1. The van der Waals surface area contributed by atoms with Crippen LogP contribution in [0.5, 0.6) is 0 Å². The molecule has 0 aliphatic rings. The zero-order valence-electron chi connectivity index (χ0n) is 15.6. The average Bonchev–Trinajstić information content (AvgIpc) is 2.66. The summed E-state index contributed by atoms with van der Waals surface area (Å²) in [5.41, 5.74) is -0.189. The first-order valence-corrected chi connectivity index (χ1v) is 9.69. The minimum absolute atomic E-state index is 0.156. The Balaban J connectivity index is 2.21. The van der Waals surface area contributed by atoms with Crippen LogP contribution in [0.1, 0.15) is 29.9 Å². The van der Waals surface area contributed by atoms with E-state index in [1.165, 1.54) is 38.1 Å². The summed E-state index contributed by atoms with van der Waals surface area (Å²) >= 11 is 0. The number of benzene rings is 1. The Labute approximate surface area is 168 Å². The van der Waals surface area contributed by atoms with Gasteiger partial charge in [0.15, 0.2) is 5.69 Å². The maximum absolute atomic E-state index is 13.2. The summed E-state index contributed by atoms with van der Waals surface area (Å²) in [7, 11) is -4.21.